The van der Waals surface area contributed by atoms with Crippen LogP contribution in [0.15, 0.2) is 29.6 Å². The highest BCUT2D eigenvalue weighted by atomic mass is 15.2. The summed E-state index contributed by atoms with van der Waals surface area (Å²) in [5.41, 5.74) is 6.12. The summed E-state index contributed by atoms with van der Waals surface area (Å²) >= 11 is 0. The molecule has 0 bridgehead atoms. The second-order valence-corrected chi connectivity index (χ2v) is 1.76. The highest BCUT2D eigenvalue weighted by Gasteiger charge is 1.93. The van der Waals surface area contributed by atoms with Gasteiger partial charge in [-0.15, -0.1) is 0 Å². The Morgan fingerprint density at radius 2 is 2.40 bits per heavy atom. The van der Waals surface area contributed by atoms with Crippen molar-refractivity contribution in [2.75, 3.05) is 0 Å². The summed E-state index contributed by atoms with van der Waals surface area (Å²) in [4.78, 5) is 3.84. The van der Waals surface area contributed by atoms with E-state index >= 15 is 0 Å². The molecule has 4 heteroatoms. The van der Waals surface area contributed by atoms with Crippen LogP contribution in [-0.2, 0) is 0 Å². The molecule has 0 aliphatic heterocycles. The zero-order chi connectivity index (χ0) is 7.40. The summed E-state index contributed by atoms with van der Waals surface area (Å²) in [5.74, 6) is 5.24. The van der Waals surface area contributed by atoms with Gasteiger partial charge in [0.05, 0.1) is 0 Å². The van der Waals surface area contributed by atoms with Crippen molar-refractivity contribution in [3.05, 3.63) is 30.1 Å². The first-order valence-corrected chi connectivity index (χ1v) is 2.78. The van der Waals surface area contributed by atoms with Crippen LogP contribution in [0.1, 0.15) is 5.56 Å². The van der Waals surface area contributed by atoms with Crippen molar-refractivity contribution >= 4 is 5.84 Å². The summed E-state index contributed by atoms with van der Waals surface area (Å²) in [7, 11) is 0. The van der Waals surface area contributed by atoms with Gasteiger partial charge in [-0.25, -0.2) is 0 Å². The Balaban J connectivity index is 2.96. The van der Waals surface area contributed by atoms with E-state index in [1.807, 2.05) is 0 Å². The number of pyridine rings is 1. The van der Waals surface area contributed by atoms with E-state index in [1.165, 1.54) is 0 Å². The molecule has 0 spiro atoms. The molecular formula is C6H8N4. The molecule has 1 aromatic heterocycles. The van der Waals surface area contributed by atoms with Crippen molar-refractivity contribution in [2.45, 2.75) is 0 Å². The lowest BCUT2D eigenvalue weighted by Crippen LogP contribution is -2.15. The van der Waals surface area contributed by atoms with Gasteiger partial charge in [0.15, 0.2) is 5.84 Å². The fourth-order valence-corrected chi connectivity index (χ4v) is 0.589. The van der Waals surface area contributed by atoms with E-state index in [2.05, 4.69) is 10.1 Å². The van der Waals surface area contributed by atoms with Crippen molar-refractivity contribution in [1.29, 1.82) is 0 Å². The van der Waals surface area contributed by atoms with Crippen LogP contribution in [0, 0.1) is 0 Å². The van der Waals surface area contributed by atoms with Crippen molar-refractivity contribution in [2.24, 2.45) is 16.7 Å². The molecular weight excluding hydrogens is 128 g/mol. The number of hydrogen-bond acceptors (Lipinski definition) is 3. The lowest BCUT2D eigenvalue weighted by molar-refractivity contribution is 1.22. The maximum absolute atomic E-state index is 5.38. The van der Waals surface area contributed by atoms with E-state index in [0.29, 0.717) is 5.84 Å². The van der Waals surface area contributed by atoms with Gasteiger partial charge in [-0.2, -0.15) is 5.10 Å². The molecule has 0 unspecified atom stereocenters. The normalized spacial score (nSPS) is 11.4. The molecule has 1 rings (SSSR count). The number of nitrogens with two attached hydrogens (primary N) is 2. The van der Waals surface area contributed by atoms with Crippen molar-refractivity contribution in [3.63, 3.8) is 0 Å². The average molecular weight is 136 g/mol. The summed E-state index contributed by atoms with van der Waals surface area (Å²) < 4.78 is 0. The number of aromatic nitrogens is 1. The maximum atomic E-state index is 5.38. The molecule has 0 amide bonds. The molecule has 0 aliphatic rings. The fourth-order valence-electron chi connectivity index (χ4n) is 0.589. The molecule has 10 heavy (non-hydrogen) atoms. The van der Waals surface area contributed by atoms with Crippen LogP contribution in [-0.4, -0.2) is 10.8 Å². The van der Waals surface area contributed by atoms with E-state index in [0.717, 1.165) is 5.56 Å². The zero-order valence-electron chi connectivity index (χ0n) is 5.36. The number of nitrogens with zero attached hydrogens (tertiary/aromatic N) is 2. The minimum absolute atomic E-state index is 0.299. The second kappa shape index (κ2) is 2.82. The molecule has 0 atom stereocenters. The summed E-state index contributed by atoms with van der Waals surface area (Å²) in [6, 6.07) is 3.56. The standard InChI is InChI=1S/C6H8N4/c7-6(10-8)5-2-1-3-9-4-5/h1-4H,8H2,(H2,7,10). The molecule has 0 radical (unpaired) electrons. The molecule has 1 aromatic rings. The lowest BCUT2D eigenvalue weighted by Gasteiger charge is -1.94. The van der Waals surface area contributed by atoms with Crippen LogP contribution >= 0.6 is 0 Å². The van der Waals surface area contributed by atoms with Gasteiger partial charge in [0.1, 0.15) is 0 Å². The first-order chi connectivity index (χ1) is 4.84. The van der Waals surface area contributed by atoms with Crippen LogP contribution in [0.5, 0.6) is 0 Å². The number of amidine groups is 1. The predicted molar refractivity (Wildman–Crippen MR) is 39.1 cm³/mol. The Labute approximate surface area is 58.6 Å². The summed E-state index contributed by atoms with van der Waals surface area (Å²) in [6.45, 7) is 0. The van der Waals surface area contributed by atoms with Gasteiger partial charge >= 0.3 is 0 Å². The topological polar surface area (TPSA) is 77.3 Å². The van der Waals surface area contributed by atoms with Crippen LogP contribution in [0.2, 0.25) is 0 Å². The minimum atomic E-state index is 0.299. The highest BCUT2D eigenvalue weighted by molar-refractivity contribution is 5.96. The fraction of sp³-hybridized carbons (Fsp3) is 0. The molecule has 0 saturated carbocycles. The van der Waals surface area contributed by atoms with Gasteiger partial charge < -0.3 is 11.6 Å². The highest BCUT2D eigenvalue weighted by Crippen LogP contribution is 1.92. The Hall–Kier alpha value is -1.58. The SMILES string of the molecule is N/N=C(\N)c1cccnc1. The lowest BCUT2D eigenvalue weighted by atomic mass is 10.3. The Morgan fingerprint density at radius 1 is 1.60 bits per heavy atom. The van der Waals surface area contributed by atoms with Crippen LogP contribution < -0.4 is 11.6 Å². The number of rotatable bonds is 1. The smallest absolute Gasteiger partial charge is 0.151 e. The van der Waals surface area contributed by atoms with Crippen LogP contribution in [0.3, 0.4) is 0 Å². The van der Waals surface area contributed by atoms with Gasteiger partial charge in [-0.05, 0) is 12.1 Å². The summed E-state index contributed by atoms with van der Waals surface area (Å²) in [5, 5.41) is 3.31. The van der Waals surface area contributed by atoms with E-state index in [1.54, 1.807) is 24.5 Å². The molecule has 0 saturated heterocycles. The zero-order valence-corrected chi connectivity index (χ0v) is 5.36. The average Bonchev–Trinajstić information content (AvgIpc) is 2.05. The van der Waals surface area contributed by atoms with Crippen molar-refractivity contribution in [3.8, 4) is 0 Å². The van der Waals surface area contributed by atoms with E-state index in [9.17, 15) is 0 Å². The van der Waals surface area contributed by atoms with Gasteiger partial charge in [-0.3, -0.25) is 4.98 Å². The Bertz CT molecular complexity index is 229. The molecule has 0 aromatic carbocycles. The molecule has 0 fully saturated rings. The largest absolute Gasteiger partial charge is 0.382 e. The molecule has 0 aliphatic carbocycles. The third-order valence-corrected chi connectivity index (χ3v) is 1.10. The van der Waals surface area contributed by atoms with Gasteiger partial charge in [0.2, 0.25) is 0 Å². The predicted octanol–water partition coefficient (Wildman–Crippen LogP) is -0.339. The molecule has 52 valence electrons. The monoisotopic (exact) mass is 136 g/mol. The van der Waals surface area contributed by atoms with Gasteiger partial charge in [0, 0.05) is 18.0 Å². The Morgan fingerprint density at radius 3 is 2.90 bits per heavy atom. The third-order valence-electron chi connectivity index (χ3n) is 1.10. The number of hydrogen-bond donors (Lipinski definition) is 2. The molecule has 1 heterocycles. The third kappa shape index (κ3) is 1.22. The Kier molecular flexibility index (Phi) is 1.84. The van der Waals surface area contributed by atoms with E-state index < -0.39 is 0 Å². The van der Waals surface area contributed by atoms with Crippen LogP contribution in [0.4, 0.5) is 0 Å². The molecule has 4 N–H and O–H groups in total. The van der Waals surface area contributed by atoms with Gasteiger partial charge in [-0.1, -0.05) is 0 Å². The maximum Gasteiger partial charge on any atom is 0.151 e. The minimum Gasteiger partial charge on any atom is -0.382 e. The molecule has 4 nitrogen and oxygen atoms in total. The summed E-state index contributed by atoms with van der Waals surface area (Å²) in [6.07, 6.45) is 3.26. The quantitative estimate of drug-likeness (QED) is 0.240. The van der Waals surface area contributed by atoms with Crippen LogP contribution in [0.25, 0.3) is 0 Å². The first-order valence-electron chi connectivity index (χ1n) is 2.78. The van der Waals surface area contributed by atoms with E-state index in [-0.39, 0.29) is 0 Å². The van der Waals surface area contributed by atoms with Crippen molar-refractivity contribution < 1.29 is 0 Å². The second-order valence-electron chi connectivity index (χ2n) is 1.76. The van der Waals surface area contributed by atoms with E-state index in [4.69, 9.17) is 11.6 Å². The van der Waals surface area contributed by atoms with Gasteiger partial charge in [0.25, 0.3) is 0 Å². The first kappa shape index (κ1) is 6.54. The van der Waals surface area contributed by atoms with Crippen molar-refractivity contribution in [1.82, 2.24) is 4.98 Å². The number of hydrazone groups is 1.